The number of aromatic nitrogens is 3. The van der Waals surface area contributed by atoms with Crippen molar-refractivity contribution in [2.75, 3.05) is 11.7 Å². The van der Waals surface area contributed by atoms with Crippen LogP contribution in [0.4, 0.5) is 5.95 Å². The number of H-pyrrole nitrogens is 1. The fourth-order valence-corrected chi connectivity index (χ4v) is 5.49. The molecule has 6 nitrogen and oxygen atoms in total. The van der Waals surface area contributed by atoms with E-state index in [9.17, 15) is 0 Å². The predicted octanol–water partition coefficient (Wildman–Crippen LogP) is 2.00. The highest BCUT2D eigenvalue weighted by Gasteiger charge is 2.41. The lowest BCUT2D eigenvalue weighted by Crippen LogP contribution is -2.39. The van der Waals surface area contributed by atoms with Gasteiger partial charge in [0.25, 0.3) is 0 Å². The summed E-state index contributed by atoms with van der Waals surface area (Å²) in [5, 5.41) is 14.2. The zero-order valence-corrected chi connectivity index (χ0v) is 13.3. The lowest BCUT2D eigenvalue weighted by atomic mass is 9.87. The molecule has 0 bridgehead atoms. The van der Waals surface area contributed by atoms with Gasteiger partial charge in [0.1, 0.15) is 11.2 Å². The van der Waals surface area contributed by atoms with Crippen molar-refractivity contribution in [1.29, 1.82) is 0 Å². The molecule has 8 heteroatoms. The standard InChI is InChI=1S/C13H16N6S2/c1-6-2-3-7-8(4-6)21-11-9(7)10-14-5-15-19(10)12-16-17-13(20)18(11)12/h6,10,14-15H,2-5H2,1H3,(H,17,20)/t6-,10?/m1/s1. The Kier molecular flexibility index (Phi) is 2.44. The van der Waals surface area contributed by atoms with Gasteiger partial charge in [-0.05, 0) is 43.0 Å². The highest BCUT2D eigenvalue weighted by Crippen LogP contribution is 2.46. The summed E-state index contributed by atoms with van der Waals surface area (Å²) in [6.45, 7) is 3.10. The lowest BCUT2D eigenvalue weighted by molar-refractivity contribution is 0.499. The highest BCUT2D eigenvalue weighted by molar-refractivity contribution is 7.71. The number of nitrogens with zero attached hydrogens (tertiary/aromatic N) is 3. The highest BCUT2D eigenvalue weighted by atomic mass is 32.1. The molecule has 0 aromatic carbocycles. The average Bonchev–Trinajstić information content (AvgIpc) is 3.13. The van der Waals surface area contributed by atoms with E-state index in [2.05, 4.69) is 37.4 Å². The number of hydrogen-bond acceptors (Lipinski definition) is 6. The molecule has 0 spiro atoms. The van der Waals surface area contributed by atoms with Gasteiger partial charge in [-0.25, -0.2) is 15.1 Å². The van der Waals surface area contributed by atoms with Gasteiger partial charge in [0.05, 0.1) is 6.67 Å². The summed E-state index contributed by atoms with van der Waals surface area (Å²) >= 11 is 7.34. The second-order valence-electron chi connectivity index (χ2n) is 6.05. The van der Waals surface area contributed by atoms with E-state index < -0.39 is 0 Å². The van der Waals surface area contributed by atoms with Crippen molar-refractivity contribution in [2.24, 2.45) is 5.92 Å². The zero-order chi connectivity index (χ0) is 14.1. The summed E-state index contributed by atoms with van der Waals surface area (Å²) in [6, 6.07) is 0. The van der Waals surface area contributed by atoms with Gasteiger partial charge in [-0.2, -0.15) is 0 Å². The van der Waals surface area contributed by atoms with Crippen molar-refractivity contribution in [3.05, 3.63) is 20.8 Å². The van der Waals surface area contributed by atoms with Gasteiger partial charge in [-0.3, -0.25) is 10.3 Å². The van der Waals surface area contributed by atoms with Gasteiger partial charge >= 0.3 is 0 Å². The Bertz CT molecular complexity index is 787. The molecule has 3 N–H and O–H groups in total. The minimum absolute atomic E-state index is 0.172. The van der Waals surface area contributed by atoms with Crippen molar-refractivity contribution < 1.29 is 0 Å². The van der Waals surface area contributed by atoms with Gasteiger partial charge in [0.2, 0.25) is 10.7 Å². The van der Waals surface area contributed by atoms with E-state index in [4.69, 9.17) is 12.2 Å². The van der Waals surface area contributed by atoms with Crippen LogP contribution in [0, 0.1) is 10.7 Å². The fourth-order valence-electron chi connectivity index (χ4n) is 3.67. The molecule has 4 heterocycles. The summed E-state index contributed by atoms with van der Waals surface area (Å²) in [5.41, 5.74) is 6.29. The number of aromatic amines is 1. The minimum Gasteiger partial charge on any atom is -0.278 e. The topological polar surface area (TPSA) is 60.9 Å². The lowest BCUT2D eigenvalue weighted by Gasteiger charge is -2.30. The Morgan fingerprint density at radius 2 is 2.33 bits per heavy atom. The average molecular weight is 320 g/mol. The van der Waals surface area contributed by atoms with Gasteiger partial charge in [0, 0.05) is 10.4 Å². The van der Waals surface area contributed by atoms with Crippen LogP contribution in [0.15, 0.2) is 0 Å². The van der Waals surface area contributed by atoms with E-state index in [0.717, 1.165) is 18.5 Å². The first-order valence-electron chi connectivity index (χ1n) is 7.32. The Morgan fingerprint density at radius 1 is 1.43 bits per heavy atom. The SMILES string of the molecule is C[C@@H]1CCc2c(sc3c2C2NCNN2c2n[nH]c(=S)n2-3)C1. The van der Waals surface area contributed by atoms with Crippen LogP contribution in [0.1, 0.15) is 35.5 Å². The van der Waals surface area contributed by atoms with Crippen LogP contribution < -0.4 is 15.8 Å². The Hall–Kier alpha value is -1.22. The summed E-state index contributed by atoms with van der Waals surface area (Å²) in [4.78, 5) is 1.53. The van der Waals surface area contributed by atoms with Crippen molar-refractivity contribution in [3.63, 3.8) is 0 Å². The third-order valence-electron chi connectivity index (χ3n) is 4.68. The number of fused-ring (bicyclic) bond motifs is 8. The van der Waals surface area contributed by atoms with Gasteiger partial charge in [-0.15, -0.1) is 16.4 Å². The van der Waals surface area contributed by atoms with Crippen LogP contribution in [0.5, 0.6) is 0 Å². The molecule has 21 heavy (non-hydrogen) atoms. The van der Waals surface area contributed by atoms with E-state index in [1.165, 1.54) is 40.3 Å². The maximum atomic E-state index is 5.45. The molecule has 2 aliphatic heterocycles. The number of anilines is 1. The monoisotopic (exact) mass is 320 g/mol. The third kappa shape index (κ3) is 1.53. The van der Waals surface area contributed by atoms with Crippen LogP contribution in [0.3, 0.4) is 0 Å². The first kappa shape index (κ1) is 12.3. The second-order valence-corrected chi connectivity index (χ2v) is 7.52. The quantitative estimate of drug-likeness (QED) is 0.648. The summed E-state index contributed by atoms with van der Waals surface area (Å²) < 4.78 is 2.75. The zero-order valence-electron chi connectivity index (χ0n) is 11.6. The van der Waals surface area contributed by atoms with Crippen LogP contribution in [0.25, 0.3) is 5.00 Å². The Morgan fingerprint density at radius 3 is 3.24 bits per heavy atom. The molecule has 2 aromatic rings. The summed E-state index contributed by atoms with van der Waals surface area (Å²) in [7, 11) is 0. The van der Waals surface area contributed by atoms with Crippen LogP contribution in [-0.2, 0) is 12.8 Å². The first-order chi connectivity index (χ1) is 10.2. The maximum absolute atomic E-state index is 5.45. The summed E-state index contributed by atoms with van der Waals surface area (Å²) in [5.74, 6) is 1.63. The maximum Gasteiger partial charge on any atom is 0.247 e. The van der Waals surface area contributed by atoms with Crippen LogP contribution >= 0.6 is 23.6 Å². The van der Waals surface area contributed by atoms with Crippen LogP contribution in [-0.4, -0.2) is 21.4 Å². The van der Waals surface area contributed by atoms with E-state index >= 15 is 0 Å². The number of rotatable bonds is 0. The number of nitrogens with one attached hydrogen (secondary N) is 3. The number of hydrogen-bond donors (Lipinski definition) is 3. The number of hydrazine groups is 1. The molecule has 3 aliphatic rings. The Balaban J connectivity index is 1.81. The normalized spacial score (nSPS) is 26.2. The first-order valence-corrected chi connectivity index (χ1v) is 8.55. The molecular formula is C13H16N6S2. The minimum atomic E-state index is 0.172. The molecule has 1 aliphatic carbocycles. The molecule has 110 valence electrons. The predicted molar refractivity (Wildman–Crippen MR) is 84.2 cm³/mol. The molecule has 1 unspecified atom stereocenters. The van der Waals surface area contributed by atoms with Crippen LogP contribution in [0.2, 0.25) is 0 Å². The smallest absolute Gasteiger partial charge is 0.247 e. The Labute approximate surface area is 131 Å². The largest absolute Gasteiger partial charge is 0.278 e. The van der Waals surface area contributed by atoms with Crippen molar-refractivity contribution in [2.45, 2.75) is 32.4 Å². The molecule has 2 aromatic heterocycles. The van der Waals surface area contributed by atoms with Crippen molar-refractivity contribution in [1.82, 2.24) is 25.5 Å². The van der Waals surface area contributed by atoms with E-state index in [0.29, 0.717) is 4.77 Å². The number of thiophene rings is 1. The molecule has 2 atom stereocenters. The van der Waals surface area contributed by atoms with E-state index in [-0.39, 0.29) is 6.17 Å². The molecule has 1 saturated heterocycles. The van der Waals surface area contributed by atoms with Gasteiger partial charge in [0.15, 0.2) is 0 Å². The summed E-state index contributed by atoms with van der Waals surface area (Å²) in [6.07, 6.45) is 3.81. The van der Waals surface area contributed by atoms with Gasteiger partial charge in [-0.1, -0.05) is 6.92 Å². The molecule has 0 saturated carbocycles. The van der Waals surface area contributed by atoms with E-state index in [1.807, 2.05) is 11.3 Å². The third-order valence-corrected chi connectivity index (χ3v) is 6.21. The van der Waals surface area contributed by atoms with Crippen molar-refractivity contribution >= 4 is 29.5 Å². The van der Waals surface area contributed by atoms with Crippen molar-refractivity contribution in [3.8, 4) is 5.00 Å². The second kappa shape index (κ2) is 4.16. The molecule has 5 rings (SSSR count). The fraction of sp³-hybridized carbons (Fsp3) is 0.538. The van der Waals surface area contributed by atoms with E-state index in [1.54, 1.807) is 0 Å². The molecule has 0 radical (unpaired) electrons. The van der Waals surface area contributed by atoms with Gasteiger partial charge < -0.3 is 0 Å². The molecule has 1 fully saturated rings. The molecule has 0 amide bonds. The molecular weight excluding hydrogens is 304 g/mol.